The third-order valence-electron chi connectivity index (χ3n) is 2.86. The molecule has 0 fully saturated rings. The van der Waals surface area contributed by atoms with E-state index in [0.717, 1.165) is 24.3 Å². The molecule has 1 rings (SSSR count). The summed E-state index contributed by atoms with van der Waals surface area (Å²) in [6, 6.07) is 5.82. The Hall–Kier alpha value is -1.71. The van der Waals surface area contributed by atoms with Gasteiger partial charge in [0.25, 0.3) is 0 Å². The van der Waals surface area contributed by atoms with Gasteiger partial charge in [-0.1, -0.05) is 0 Å². The first-order valence-corrected chi connectivity index (χ1v) is 5.93. The summed E-state index contributed by atoms with van der Waals surface area (Å²) in [6.07, 6.45) is 0.599. The normalized spacial score (nSPS) is 10.2. The largest absolute Gasteiger partial charge is 0.481 e. The number of anilines is 2. The molecule has 0 amide bonds. The van der Waals surface area contributed by atoms with E-state index in [2.05, 4.69) is 18.7 Å². The number of nitrogen functional groups attached to an aromatic ring is 1. The number of aliphatic carboxylic acids is 1. The summed E-state index contributed by atoms with van der Waals surface area (Å²) in [5.74, 6) is -0.794. The number of hydrogen-bond donors (Lipinski definition) is 2. The van der Waals surface area contributed by atoms with Crippen LogP contribution in [0, 0.1) is 0 Å². The summed E-state index contributed by atoms with van der Waals surface area (Å²) in [4.78, 5) is 12.8. The SMILES string of the molecule is CCN(CC)c1ccc(N)c(CCC(=O)O)c1. The summed E-state index contributed by atoms with van der Waals surface area (Å²) < 4.78 is 0. The molecular weight excluding hydrogens is 216 g/mol. The van der Waals surface area contributed by atoms with Crippen molar-refractivity contribution in [2.75, 3.05) is 23.7 Å². The van der Waals surface area contributed by atoms with Crippen molar-refractivity contribution in [2.45, 2.75) is 26.7 Å². The molecule has 94 valence electrons. The first-order valence-electron chi connectivity index (χ1n) is 5.93. The lowest BCUT2D eigenvalue weighted by Crippen LogP contribution is -2.22. The number of carboxylic acids is 1. The van der Waals surface area contributed by atoms with Crippen LogP contribution < -0.4 is 10.6 Å². The van der Waals surface area contributed by atoms with Crippen LogP contribution in [0.5, 0.6) is 0 Å². The van der Waals surface area contributed by atoms with Gasteiger partial charge in [0.05, 0.1) is 0 Å². The van der Waals surface area contributed by atoms with Crippen molar-refractivity contribution in [2.24, 2.45) is 0 Å². The van der Waals surface area contributed by atoms with Gasteiger partial charge in [-0.25, -0.2) is 0 Å². The van der Waals surface area contributed by atoms with Crippen LogP contribution >= 0.6 is 0 Å². The zero-order valence-corrected chi connectivity index (χ0v) is 10.4. The van der Waals surface area contributed by atoms with Crippen molar-refractivity contribution in [3.05, 3.63) is 23.8 Å². The van der Waals surface area contributed by atoms with Crippen molar-refractivity contribution >= 4 is 17.3 Å². The predicted octanol–water partition coefficient (Wildman–Crippen LogP) is 2.13. The number of benzene rings is 1. The second-order valence-electron chi connectivity index (χ2n) is 3.95. The molecule has 0 heterocycles. The molecule has 0 aliphatic heterocycles. The maximum absolute atomic E-state index is 10.6. The van der Waals surface area contributed by atoms with E-state index in [9.17, 15) is 4.79 Å². The van der Waals surface area contributed by atoms with E-state index in [-0.39, 0.29) is 6.42 Å². The van der Waals surface area contributed by atoms with Crippen molar-refractivity contribution in [3.8, 4) is 0 Å². The molecule has 0 aromatic heterocycles. The van der Waals surface area contributed by atoms with Gasteiger partial charge in [-0.05, 0) is 44.0 Å². The number of aryl methyl sites for hydroxylation is 1. The highest BCUT2D eigenvalue weighted by Crippen LogP contribution is 2.22. The summed E-state index contributed by atoms with van der Waals surface area (Å²) in [5, 5.41) is 8.69. The summed E-state index contributed by atoms with van der Waals surface area (Å²) >= 11 is 0. The van der Waals surface area contributed by atoms with E-state index < -0.39 is 5.97 Å². The Kier molecular flexibility index (Phi) is 4.82. The van der Waals surface area contributed by atoms with Crippen LogP contribution in [0.2, 0.25) is 0 Å². The lowest BCUT2D eigenvalue weighted by atomic mass is 10.1. The molecule has 1 aromatic carbocycles. The summed E-state index contributed by atoms with van der Waals surface area (Å²) in [6.45, 7) is 6.05. The molecule has 4 nitrogen and oxygen atoms in total. The number of nitrogens with zero attached hydrogens (tertiary/aromatic N) is 1. The Morgan fingerprint density at radius 3 is 2.53 bits per heavy atom. The molecule has 0 unspecified atom stereocenters. The Morgan fingerprint density at radius 1 is 1.35 bits per heavy atom. The zero-order chi connectivity index (χ0) is 12.8. The number of hydrogen-bond acceptors (Lipinski definition) is 3. The third-order valence-corrected chi connectivity index (χ3v) is 2.86. The summed E-state index contributed by atoms with van der Waals surface area (Å²) in [7, 11) is 0. The van der Waals surface area contributed by atoms with Gasteiger partial charge in [0.15, 0.2) is 0 Å². The Balaban J connectivity index is 2.89. The molecule has 0 radical (unpaired) electrons. The van der Waals surface area contributed by atoms with E-state index in [1.54, 1.807) is 0 Å². The van der Waals surface area contributed by atoms with E-state index in [1.807, 2.05) is 18.2 Å². The van der Waals surface area contributed by atoms with E-state index in [4.69, 9.17) is 10.8 Å². The maximum Gasteiger partial charge on any atom is 0.303 e. The van der Waals surface area contributed by atoms with Crippen LogP contribution in [0.4, 0.5) is 11.4 Å². The molecule has 1 aromatic rings. The second kappa shape index (κ2) is 6.13. The van der Waals surface area contributed by atoms with Crippen LogP contribution in [0.25, 0.3) is 0 Å². The number of carbonyl (C=O) groups is 1. The minimum atomic E-state index is -0.794. The molecule has 3 N–H and O–H groups in total. The van der Waals surface area contributed by atoms with E-state index >= 15 is 0 Å². The number of carboxylic acid groups (broad SMARTS) is 1. The minimum absolute atomic E-state index is 0.117. The van der Waals surface area contributed by atoms with Crippen LogP contribution in [0.1, 0.15) is 25.8 Å². The number of nitrogens with two attached hydrogens (primary N) is 1. The minimum Gasteiger partial charge on any atom is -0.481 e. The lowest BCUT2D eigenvalue weighted by Gasteiger charge is -2.22. The van der Waals surface area contributed by atoms with Gasteiger partial charge >= 0.3 is 5.97 Å². The molecule has 0 spiro atoms. The van der Waals surface area contributed by atoms with Gasteiger partial charge in [-0.3, -0.25) is 4.79 Å². The zero-order valence-electron chi connectivity index (χ0n) is 10.4. The van der Waals surface area contributed by atoms with Gasteiger partial charge in [-0.2, -0.15) is 0 Å². The highest BCUT2D eigenvalue weighted by molar-refractivity contribution is 5.68. The first-order chi connectivity index (χ1) is 8.08. The Labute approximate surface area is 102 Å². The average molecular weight is 236 g/mol. The molecular formula is C13H20N2O2. The standard InChI is InChI=1S/C13H20N2O2/c1-3-15(4-2)11-6-7-12(14)10(9-11)5-8-13(16)17/h6-7,9H,3-5,8,14H2,1-2H3,(H,16,17). The summed E-state index contributed by atoms with van der Waals surface area (Å²) in [5.41, 5.74) is 8.53. The monoisotopic (exact) mass is 236 g/mol. The second-order valence-corrected chi connectivity index (χ2v) is 3.95. The molecule has 0 aliphatic carbocycles. The quantitative estimate of drug-likeness (QED) is 0.742. The Bertz CT molecular complexity index is 387. The van der Waals surface area contributed by atoms with E-state index in [1.165, 1.54) is 0 Å². The highest BCUT2D eigenvalue weighted by Gasteiger charge is 2.07. The molecule has 0 aliphatic rings. The predicted molar refractivity (Wildman–Crippen MR) is 70.4 cm³/mol. The van der Waals surface area contributed by atoms with Crippen molar-refractivity contribution in [1.29, 1.82) is 0 Å². The van der Waals surface area contributed by atoms with Gasteiger partial charge in [0, 0.05) is 30.9 Å². The smallest absolute Gasteiger partial charge is 0.303 e. The lowest BCUT2D eigenvalue weighted by molar-refractivity contribution is -0.136. The highest BCUT2D eigenvalue weighted by atomic mass is 16.4. The number of rotatable bonds is 6. The molecule has 17 heavy (non-hydrogen) atoms. The van der Waals surface area contributed by atoms with Crippen LogP contribution in [0.15, 0.2) is 18.2 Å². The van der Waals surface area contributed by atoms with Gasteiger partial charge < -0.3 is 15.7 Å². The van der Waals surface area contributed by atoms with Gasteiger partial charge in [0.2, 0.25) is 0 Å². The fourth-order valence-corrected chi connectivity index (χ4v) is 1.84. The topological polar surface area (TPSA) is 66.6 Å². The molecule has 0 saturated heterocycles. The fourth-order valence-electron chi connectivity index (χ4n) is 1.84. The third kappa shape index (κ3) is 3.66. The van der Waals surface area contributed by atoms with Gasteiger partial charge in [-0.15, -0.1) is 0 Å². The van der Waals surface area contributed by atoms with Crippen molar-refractivity contribution < 1.29 is 9.90 Å². The maximum atomic E-state index is 10.6. The average Bonchev–Trinajstić information content (AvgIpc) is 2.30. The molecule has 4 heteroatoms. The Morgan fingerprint density at radius 2 is 2.00 bits per heavy atom. The van der Waals surface area contributed by atoms with E-state index in [0.29, 0.717) is 12.1 Å². The van der Waals surface area contributed by atoms with Crippen molar-refractivity contribution in [3.63, 3.8) is 0 Å². The van der Waals surface area contributed by atoms with Crippen LogP contribution in [-0.2, 0) is 11.2 Å². The van der Waals surface area contributed by atoms with Gasteiger partial charge in [0.1, 0.15) is 0 Å². The first kappa shape index (κ1) is 13.4. The molecule has 0 atom stereocenters. The molecule has 0 bridgehead atoms. The molecule has 0 saturated carbocycles. The van der Waals surface area contributed by atoms with Crippen LogP contribution in [0.3, 0.4) is 0 Å². The fraction of sp³-hybridized carbons (Fsp3) is 0.462. The van der Waals surface area contributed by atoms with Crippen LogP contribution in [-0.4, -0.2) is 24.2 Å². The van der Waals surface area contributed by atoms with Crippen molar-refractivity contribution in [1.82, 2.24) is 0 Å².